The van der Waals surface area contributed by atoms with E-state index >= 15 is 4.39 Å². The zero-order chi connectivity index (χ0) is 30.0. The van der Waals surface area contributed by atoms with Gasteiger partial charge in [0.25, 0.3) is 5.91 Å². The van der Waals surface area contributed by atoms with Crippen molar-refractivity contribution in [1.29, 1.82) is 0 Å². The van der Waals surface area contributed by atoms with Crippen LogP contribution in [-0.4, -0.2) is 37.8 Å². The van der Waals surface area contributed by atoms with Crippen molar-refractivity contribution in [3.05, 3.63) is 52.3 Å². The number of alkyl halides is 7. The second kappa shape index (κ2) is 11.3. The molecule has 21 heteroatoms. The van der Waals surface area contributed by atoms with E-state index in [0.29, 0.717) is 11.3 Å². The van der Waals surface area contributed by atoms with Gasteiger partial charge in [-0.1, -0.05) is 12.1 Å². The molecule has 0 fully saturated rings. The van der Waals surface area contributed by atoms with Gasteiger partial charge in [0.1, 0.15) is 0 Å². The topological polar surface area (TPSA) is 169 Å². The highest BCUT2D eigenvalue weighted by Crippen LogP contribution is 2.35. The molecule has 0 aliphatic carbocycles. The Kier molecular flexibility index (Phi) is 9.40. The number of amides is 1. The minimum absolute atomic E-state index is 0.0643. The van der Waals surface area contributed by atoms with Crippen molar-refractivity contribution >= 4 is 65.2 Å². The average Bonchev–Trinajstić information content (AvgIpc) is 3.42. The van der Waals surface area contributed by atoms with Gasteiger partial charge in [0, 0.05) is 16.6 Å². The molecule has 0 bridgehead atoms. The Bertz CT molecular complexity index is 1550. The molecular weight excluding hydrogens is 629 g/mol. The van der Waals surface area contributed by atoms with Crippen LogP contribution in [0.3, 0.4) is 0 Å². The van der Waals surface area contributed by atoms with E-state index in [1.807, 2.05) is 0 Å². The molecule has 39 heavy (non-hydrogen) atoms. The first kappa shape index (κ1) is 32.4. The number of thiophene rings is 1. The summed E-state index contributed by atoms with van der Waals surface area (Å²) in [4.78, 5) is 16.0. The molecule has 3 aromatic rings. The third kappa shape index (κ3) is 8.57. The molecule has 2 heterocycles. The van der Waals surface area contributed by atoms with E-state index in [2.05, 4.69) is 15.6 Å². The Morgan fingerprint density at radius 2 is 1.62 bits per heavy atom. The molecular formula is C18H15F7N4O6S4. The van der Waals surface area contributed by atoms with Crippen LogP contribution in [0.4, 0.5) is 47.2 Å². The molecule has 0 saturated carbocycles. The number of nitrogens with one attached hydrogen (secondary N) is 2. The summed E-state index contributed by atoms with van der Waals surface area (Å²) < 4.78 is 134. The quantitative estimate of drug-likeness (QED) is 0.168. The summed E-state index contributed by atoms with van der Waals surface area (Å²) in [5.74, 6) is -1.15. The Labute approximate surface area is 223 Å². The minimum atomic E-state index is -5.84. The number of primary sulfonamides is 1. The molecule has 0 radical (unpaired) electrons. The number of aromatic nitrogens is 1. The number of sulfonamides is 1. The smallest absolute Gasteiger partial charge is 0.332 e. The van der Waals surface area contributed by atoms with Crippen molar-refractivity contribution in [3.63, 3.8) is 0 Å². The molecule has 0 saturated heterocycles. The van der Waals surface area contributed by atoms with Crippen molar-refractivity contribution in [2.45, 2.75) is 28.5 Å². The van der Waals surface area contributed by atoms with Gasteiger partial charge in [-0.2, -0.15) is 34.8 Å². The van der Waals surface area contributed by atoms with Gasteiger partial charge in [-0.25, -0.2) is 22.9 Å². The van der Waals surface area contributed by atoms with Crippen LogP contribution in [0.25, 0.3) is 0 Å². The summed E-state index contributed by atoms with van der Waals surface area (Å²) in [6.07, 6.45) is -4.59. The Morgan fingerprint density at radius 1 is 1.03 bits per heavy atom. The van der Waals surface area contributed by atoms with Gasteiger partial charge < -0.3 is 10.6 Å². The van der Waals surface area contributed by atoms with E-state index < -0.39 is 49.1 Å². The van der Waals surface area contributed by atoms with Crippen LogP contribution in [0, 0.1) is 0 Å². The lowest BCUT2D eigenvalue weighted by atomic mass is 9.96. The van der Waals surface area contributed by atoms with Crippen LogP contribution in [0.15, 0.2) is 45.3 Å². The number of thiazole rings is 1. The van der Waals surface area contributed by atoms with E-state index in [9.17, 15) is 39.6 Å². The van der Waals surface area contributed by atoms with E-state index in [0.717, 1.165) is 23.6 Å². The Balaban J connectivity index is 0.000000580. The van der Waals surface area contributed by atoms with Gasteiger partial charge in [-0.3, -0.25) is 9.35 Å². The van der Waals surface area contributed by atoms with Crippen molar-refractivity contribution in [2.75, 3.05) is 10.6 Å². The fraction of sp³-hybridized carbons (Fsp3) is 0.222. The first-order valence-corrected chi connectivity index (χ1v) is 14.3. The minimum Gasteiger partial charge on any atom is -0.332 e. The van der Waals surface area contributed by atoms with E-state index in [4.69, 9.17) is 18.1 Å². The summed E-state index contributed by atoms with van der Waals surface area (Å²) >= 11 is 1.48. The van der Waals surface area contributed by atoms with E-state index in [1.54, 1.807) is 0 Å². The molecule has 0 aliphatic heterocycles. The predicted octanol–water partition coefficient (Wildman–Crippen LogP) is 4.83. The molecule has 216 valence electrons. The lowest BCUT2D eigenvalue weighted by molar-refractivity contribution is -0.140. The second-order valence-corrected chi connectivity index (χ2v) is 12.2. The molecule has 2 aromatic heterocycles. The lowest BCUT2D eigenvalue weighted by Crippen LogP contribution is -2.34. The zero-order valence-corrected chi connectivity index (χ0v) is 22.1. The molecule has 5 N–H and O–H groups in total. The molecule has 1 amide bonds. The lowest BCUT2D eigenvalue weighted by Gasteiger charge is -2.21. The number of carbonyl (C=O) groups excluding carboxylic acids is 1. The fourth-order valence-electron chi connectivity index (χ4n) is 2.45. The van der Waals surface area contributed by atoms with Crippen LogP contribution in [-0.2, 0) is 36.8 Å². The molecule has 0 spiro atoms. The van der Waals surface area contributed by atoms with Crippen molar-refractivity contribution in [3.8, 4) is 0 Å². The monoisotopic (exact) mass is 644 g/mol. The maximum absolute atomic E-state index is 15.3. The number of halogens is 7. The van der Waals surface area contributed by atoms with Crippen LogP contribution in [0.2, 0.25) is 0 Å². The SMILES string of the molecule is CC(F)(C(=O)Nc1ccsc1S(N)(=O)=O)c1cccc(Nc2nc(C(F)(F)F)cs2)c1.O=S(=O)(O)C(F)(F)F. The summed E-state index contributed by atoms with van der Waals surface area (Å²) in [5, 5.41) is 12.1. The fourth-order valence-corrected chi connectivity index (χ4v) is 4.89. The summed E-state index contributed by atoms with van der Waals surface area (Å²) in [7, 11) is -9.95. The molecule has 10 nitrogen and oxygen atoms in total. The molecule has 1 aromatic carbocycles. The largest absolute Gasteiger partial charge is 0.522 e. The Hall–Kier alpha value is -2.85. The summed E-state index contributed by atoms with van der Waals surface area (Å²) in [6, 6.07) is 6.69. The van der Waals surface area contributed by atoms with Crippen LogP contribution in [0.5, 0.6) is 0 Å². The standard InChI is InChI=1S/C17H14F4N4O3S3.CHF3O3S/c1-16(18,14(26)24-11-5-6-29-13(11)31(22,27)28)9-3-2-4-10(7-9)23-15-25-12(8-30-15)17(19,20)21;2-1(3,4)8(5,6)7/h2-8H,1H3,(H,23,25)(H,24,26)(H2,22,27,28);(H,5,6,7). The molecule has 1 atom stereocenters. The van der Waals surface area contributed by atoms with E-state index in [-0.39, 0.29) is 26.3 Å². The third-order valence-corrected chi connectivity index (χ3v) is 8.08. The number of nitrogens with two attached hydrogens (primary N) is 1. The highest BCUT2D eigenvalue weighted by Gasteiger charge is 2.44. The first-order valence-electron chi connectivity index (χ1n) is 9.58. The van der Waals surface area contributed by atoms with Gasteiger partial charge in [-0.15, -0.1) is 22.7 Å². The molecule has 0 aliphatic rings. The third-order valence-electron chi connectivity index (χ3n) is 4.31. The molecule has 3 rings (SSSR count). The maximum Gasteiger partial charge on any atom is 0.522 e. The number of anilines is 3. The average molecular weight is 645 g/mol. The number of hydrogen-bond acceptors (Lipinski definition) is 9. The van der Waals surface area contributed by atoms with E-state index in [1.165, 1.54) is 35.7 Å². The zero-order valence-electron chi connectivity index (χ0n) is 18.8. The number of benzene rings is 1. The van der Waals surface area contributed by atoms with Gasteiger partial charge in [0.05, 0.1) is 5.69 Å². The van der Waals surface area contributed by atoms with Crippen molar-refractivity contribution in [1.82, 2.24) is 4.98 Å². The summed E-state index contributed by atoms with van der Waals surface area (Å²) in [5.41, 5.74) is -9.26. The van der Waals surface area contributed by atoms with Gasteiger partial charge >= 0.3 is 21.8 Å². The number of nitrogens with zero attached hydrogens (tertiary/aromatic N) is 1. The predicted molar refractivity (Wildman–Crippen MR) is 127 cm³/mol. The van der Waals surface area contributed by atoms with Crippen LogP contribution < -0.4 is 15.8 Å². The number of carbonyl (C=O) groups is 1. The highest BCUT2D eigenvalue weighted by atomic mass is 32.2. The molecule has 1 unspecified atom stereocenters. The normalized spacial score (nSPS) is 14.1. The van der Waals surface area contributed by atoms with Crippen LogP contribution in [0.1, 0.15) is 18.2 Å². The van der Waals surface area contributed by atoms with Crippen LogP contribution >= 0.6 is 22.7 Å². The van der Waals surface area contributed by atoms with Crippen molar-refractivity contribution < 1.29 is 56.9 Å². The van der Waals surface area contributed by atoms with Gasteiger partial charge in [-0.05, 0) is 30.5 Å². The second-order valence-electron chi connectivity index (χ2n) is 7.29. The number of hydrogen-bond donors (Lipinski definition) is 4. The van der Waals surface area contributed by atoms with Gasteiger partial charge in [0.15, 0.2) is 15.0 Å². The highest BCUT2D eigenvalue weighted by molar-refractivity contribution is 7.91. The van der Waals surface area contributed by atoms with Gasteiger partial charge in [0.2, 0.25) is 15.7 Å². The summed E-state index contributed by atoms with van der Waals surface area (Å²) in [6.45, 7) is 0.968. The Morgan fingerprint density at radius 3 is 2.10 bits per heavy atom. The number of rotatable bonds is 6. The van der Waals surface area contributed by atoms with Crippen molar-refractivity contribution in [2.24, 2.45) is 5.14 Å². The first-order chi connectivity index (χ1) is 17.5. The maximum atomic E-state index is 15.3.